The second kappa shape index (κ2) is 7.35. The predicted octanol–water partition coefficient (Wildman–Crippen LogP) is 5.06. The Bertz CT molecular complexity index is 1160. The van der Waals surface area contributed by atoms with Crippen molar-refractivity contribution in [1.82, 2.24) is 9.55 Å². The standard InChI is InChI=1S/C23H22N2O3/c1-4-25-20-9-7-6-8-17(20)18-14-19(23(26)28-5-2)24-21(22(18)25)15-10-12-16(27-3)13-11-15/h6-14H,4-5H2,1-3H3. The van der Waals surface area contributed by atoms with Crippen LogP contribution in [0.2, 0.25) is 0 Å². The van der Waals surface area contributed by atoms with Gasteiger partial charge in [-0.25, -0.2) is 9.78 Å². The van der Waals surface area contributed by atoms with Gasteiger partial charge in [0, 0.05) is 28.4 Å². The number of esters is 1. The Kier molecular flexibility index (Phi) is 4.74. The van der Waals surface area contributed by atoms with E-state index in [0.29, 0.717) is 12.3 Å². The summed E-state index contributed by atoms with van der Waals surface area (Å²) in [6, 6.07) is 17.8. The molecule has 0 saturated carbocycles. The predicted molar refractivity (Wildman–Crippen MR) is 111 cm³/mol. The highest BCUT2D eigenvalue weighted by atomic mass is 16.5. The van der Waals surface area contributed by atoms with Crippen molar-refractivity contribution in [3.63, 3.8) is 0 Å². The van der Waals surface area contributed by atoms with Crippen LogP contribution in [0.1, 0.15) is 24.3 Å². The first-order valence-corrected chi connectivity index (χ1v) is 9.41. The van der Waals surface area contributed by atoms with Gasteiger partial charge in [-0.2, -0.15) is 0 Å². The zero-order valence-electron chi connectivity index (χ0n) is 16.2. The third-order valence-electron chi connectivity index (χ3n) is 4.91. The van der Waals surface area contributed by atoms with Crippen molar-refractivity contribution in [3.05, 3.63) is 60.3 Å². The Morgan fingerprint density at radius 3 is 2.46 bits per heavy atom. The number of aryl methyl sites for hydroxylation is 1. The number of para-hydroxylation sites is 1. The summed E-state index contributed by atoms with van der Waals surface area (Å²) in [6.07, 6.45) is 0. The number of nitrogens with zero attached hydrogens (tertiary/aromatic N) is 2. The summed E-state index contributed by atoms with van der Waals surface area (Å²) < 4.78 is 12.7. The molecule has 0 fully saturated rings. The SMILES string of the molecule is CCOC(=O)c1cc2c3ccccc3n(CC)c2c(-c2ccc(OC)cc2)n1. The average Bonchev–Trinajstić information content (AvgIpc) is 3.07. The molecule has 4 rings (SSSR count). The average molecular weight is 374 g/mol. The Morgan fingerprint density at radius 2 is 1.79 bits per heavy atom. The van der Waals surface area contributed by atoms with Crippen molar-refractivity contribution in [2.75, 3.05) is 13.7 Å². The fourth-order valence-corrected chi connectivity index (χ4v) is 3.66. The molecule has 0 aliphatic carbocycles. The fraction of sp³-hybridized carbons (Fsp3) is 0.217. The van der Waals surface area contributed by atoms with Crippen LogP contribution in [0.4, 0.5) is 0 Å². The number of pyridine rings is 1. The van der Waals surface area contributed by atoms with E-state index in [0.717, 1.165) is 45.4 Å². The van der Waals surface area contributed by atoms with E-state index < -0.39 is 5.97 Å². The summed E-state index contributed by atoms with van der Waals surface area (Å²) in [5, 5.41) is 2.10. The van der Waals surface area contributed by atoms with Gasteiger partial charge in [0.2, 0.25) is 0 Å². The lowest BCUT2D eigenvalue weighted by Crippen LogP contribution is -2.08. The van der Waals surface area contributed by atoms with Crippen LogP contribution in [-0.4, -0.2) is 29.2 Å². The summed E-state index contributed by atoms with van der Waals surface area (Å²) in [5.41, 5.74) is 4.15. The molecule has 0 spiro atoms. The van der Waals surface area contributed by atoms with Gasteiger partial charge in [-0.15, -0.1) is 0 Å². The fourth-order valence-electron chi connectivity index (χ4n) is 3.66. The summed E-state index contributed by atoms with van der Waals surface area (Å²) in [4.78, 5) is 17.2. The second-order valence-electron chi connectivity index (χ2n) is 6.46. The number of hydrogen-bond donors (Lipinski definition) is 0. The third-order valence-corrected chi connectivity index (χ3v) is 4.91. The summed E-state index contributed by atoms with van der Waals surface area (Å²) in [5.74, 6) is 0.366. The van der Waals surface area contributed by atoms with E-state index in [4.69, 9.17) is 14.5 Å². The zero-order chi connectivity index (χ0) is 19.7. The van der Waals surface area contributed by atoms with Crippen LogP contribution in [0.5, 0.6) is 5.75 Å². The van der Waals surface area contributed by atoms with Gasteiger partial charge in [0.05, 0.1) is 24.9 Å². The van der Waals surface area contributed by atoms with E-state index in [1.54, 1.807) is 14.0 Å². The molecule has 0 unspecified atom stereocenters. The Balaban J connectivity index is 2.08. The molecule has 0 amide bonds. The van der Waals surface area contributed by atoms with Gasteiger partial charge < -0.3 is 14.0 Å². The first kappa shape index (κ1) is 18.0. The first-order chi connectivity index (χ1) is 13.7. The molecule has 5 heteroatoms. The van der Waals surface area contributed by atoms with Crippen LogP contribution in [0.15, 0.2) is 54.6 Å². The summed E-state index contributed by atoms with van der Waals surface area (Å²) in [6.45, 7) is 5.02. The molecule has 0 aliphatic rings. The maximum absolute atomic E-state index is 12.5. The number of aromatic nitrogens is 2. The van der Waals surface area contributed by atoms with Crippen LogP contribution in [0.25, 0.3) is 33.1 Å². The number of ether oxygens (including phenoxy) is 2. The number of carbonyl (C=O) groups excluding carboxylic acids is 1. The zero-order valence-corrected chi connectivity index (χ0v) is 16.2. The molecule has 0 aliphatic heterocycles. The second-order valence-corrected chi connectivity index (χ2v) is 6.46. The van der Waals surface area contributed by atoms with Gasteiger partial charge in [0.25, 0.3) is 0 Å². The Labute approximate surface area is 163 Å². The van der Waals surface area contributed by atoms with E-state index in [-0.39, 0.29) is 0 Å². The molecule has 0 bridgehead atoms. The Morgan fingerprint density at radius 1 is 1.04 bits per heavy atom. The maximum atomic E-state index is 12.5. The van der Waals surface area contributed by atoms with Crippen LogP contribution in [0, 0.1) is 0 Å². The lowest BCUT2D eigenvalue weighted by Gasteiger charge is -2.11. The normalized spacial score (nSPS) is 11.1. The third kappa shape index (κ3) is 2.89. The monoisotopic (exact) mass is 374 g/mol. The van der Waals surface area contributed by atoms with Gasteiger partial charge in [-0.3, -0.25) is 0 Å². The maximum Gasteiger partial charge on any atom is 0.356 e. The van der Waals surface area contributed by atoms with Gasteiger partial charge in [-0.1, -0.05) is 18.2 Å². The smallest absolute Gasteiger partial charge is 0.356 e. The van der Waals surface area contributed by atoms with E-state index in [1.807, 2.05) is 42.5 Å². The van der Waals surface area contributed by atoms with Gasteiger partial charge in [0.15, 0.2) is 0 Å². The highest BCUT2D eigenvalue weighted by molar-refractivity contribution is 6.13. The number of methoxy groups -OCH3 is 1. The minimum absolute atomic E-state index is 0.313. The van der Waals surface area contributed by atoms with Crippen molar-refractivity contribution in [2.45, 2.75) is 20.4 Å². The van der Waals surface area contributed by atoms with Crippen molar-refractivity contribution >= 4 is 27.8 Å². The van der Waals surface area contributed by atoms with Crippen molar-refractivity contribution < 1.29 is 14.3 Å². The van der Waals surface area contributed by atoms with Crippen LogP contribution in [-0.2, 0) is 11.3 Å². The van der Waals surface area contributed by atoms with Crippen molar-refractivity contribution in [1.29, 1.82) is 0 Å². The molecule has 28 heavy (non-hydrogen) atoms. The van der Waals surface area contributed by atoms with Crippen molar-refractivity contribution in [3.8, 4) is 17.0 Å². The lowest BCUT2D eigenvalue weighted by molar-refractivity contribution is 0.0520. The van der Waals surface area contributed by atoms with Crippen LogP contribution >= 0.6 is 0 Å². The molecule has 0 saturated heterocycles. The molecule has 142 valence electrons. The van der Waals surface area contributed by atoms with Crippen molar-refractivity contribution in [2.24, 2.45) is 0 Å². The van der Waals surface area contributed by atoms with E-state index in [1.165, 1.54) is 0 Å². The molecule has 2 aromatic carbocycles. The van der Waals surface area contributed by atoms with Gasteiger partial charge in [0.1, 0.15) is 11.4 Å². The molecule has 2 heterocycles. The van der Waals surface area contributed by atoms with Gasteiger partial charge in [-0.05, 0) is 50.2 Å². The van der Waals surface area contributed by atoms with Crippen LogP contribution < -0.4 is 4.74 Å². The number of benzene rings is 2. The highest BCUT2D eigenvalue weighted by Gasteiger charge is 2.20. The first-order valence-electron chi connectivity index (χ1n) is 9.41. The topological polar surface area (TPSA) is 53.4 Å². The highest BCUT2D eigenvalue weighted by Crippen LogP contribution is 2.36. The molecular weight excluding hydrogens is 352 g/mol. The molecule has 4 aromatic rings. The minimum atomic E-state index is -0.410. The molecular formula is C23H22N2O3. The quantitative estimate of drug-likeness (QED) is 0.458. The minimum Gasteiger partial charge on any atom is -0.497 e. The molecule has 2 aromatic heterocycles. The number of hydrogen-bond acceptors (Lipinski definition) is 4. The molecule has 0 N–H and O–H groups in total. The number of carbonyl (C=O) groups is 1. The Hall–Kier alpha value is -3.34. The molecule has 0 radical (unpaired) electrons. The summed E-state index contributed by atoms with van der Waals surface area (Å²) in [7, 11) is 1.64. The molecule has 0 atom stereocenters. The van der Waals surface area contributed by atoms with E-state index >= 15 is 0 Å². The largest absolute Gasteiger partial charge is 0.497 e. The number of fused-ring (bicyclic) bond motifs is 3. The van der Waals surface area contributed by atoms with Crippen LogP contribution in [0.3, 0.4) is 0 Å². The molecule has 5 nitrogen and oxygen atoms in total. The van der Waals surface area contributed by atoms with E-state index in [9.17, 15) is 4.79 Å². The number of rotatable bonds is 5. The summed E-state index contributed by atoms with van der Waals surface area (Å²) >= 11 is 0. The lowest BCUT2D eigenvalue weighted by atomic mass is 10.1. The van der Waals surface area contributed by atoms with Gasteiger partial charge >= 0.3 is 5.97 Å². The van der Waals surface area contributed by atoms with E-state index in [2.05, 4.69) is 23.6 Å².